The van der Waals surface area contributed by atoms with Gasteiger partial charge in [0.2, 0.25) is 0 Å². The van der Waals surface area contributed by atoms with Gasteiger partial charge in [0.1, 0.15) is 0 Å². The Morgan fingerprint density at radius 3 is 1.54 bits per heavy atom. The minimum atomic E-state index is -0.277. The maximum absolute atomic E-state index is 13.8. The highest BCUT2D eigenvalue weighted by Crippen LogP contribution is 2.65. The molecule has 0 aromatic carbocycles. The molecule has 28 heavy (non-hydrogen) atoms. The zero-order valence-corrected chi connectivity index (χ0v) is 17.2. The summed E-state index contributed by atoms with van der Waals surface area (Å²) in [4.78, 5) is 28.3. The van der Waals surface area contributed by atoms with Crippen LogP contribution in [0.5, 0.6) is 0 Å². The van der Waals surface area contributed by atoms with Gasteiger partial charge in [-0.25, -0.2) is 0 Å². The standard InChI is InChI=1S/C22H20F2O2S2/c1-7-3-9-10(17-15(7)21-11(19(17)25)5-13(23)27-21)4-8(2)16-18(9)20(26)12-6-14(24)28-22(12)16/h5-10,15-18H,3-4H2,1-2H3. The Hall–Kier alpha value is -1.40. The zero-order chi connectivity index (χ0) is 19.5. The molecule has 0 aliphatic heterocycles. The van der Waals surface area contributed by atoms with Gasteiger partial charge in [0.15, 0.2) is 21.8 Å². The van der Waals surface area contributed by atoms with Gasteiger partial charge in [0, 0.05) is 44.6 Å². The van der Waals surface area contributed by atoms with Gasteiger partial charge in [-0.05, 0) is 48.6 Å². The molecule has 4 aliphatic rings. The van der Waals surface area contributed by atoms with Crippen molar-refractivity contribution in [3.05, 3.63) is 43.3 Å². The molecule has 8 unspecified atom stereocenters. The fourth-order valence-electron chi connectivity index (χ4n) is 7.11. The van der Waals surface area contributed by atoms with Crippen LogP contribution in [0.1, 0.15) is 69.0 Å². The molecular weight excluding hydrogens is 398 g/mol. The van der Waals surface area contributed by atoms with Crippen molar-refractivity contribution >= 4 is 34.2 Å². The summed E-state index contributed by atoms with van der Waals surface area (Å²) in [5, 5.41) is -0.554. The topological polar surface area (TPSA) is 34.1 Å². The summed E-state index contributed by atoms with van der Waals surface area (Å²) in [5.74, 6) is 0.904. The molecule has 2 fully saturated rings. The van der Waals surface area contributed by atoms with Gasteiger partial charge in [-0.15, -0.1) is 22.7 Å². The lowest BCUT2D eigenvalue weighted by Crippen LogP contribution is -2.48. The second-order valence-electron chi connectivity index (χ2n) is 9.24. The molecule has 0 bridgehead atoms. The Morgan fingerprint density at radius 2 is 1.14 bits per heavy atom. The third kappa shape index (κ3) is 2.01. The smallest absolute Gasteiger partial charge is 0.177 e. The minimum Gasteiger partial charge on any atom is -0.294 e. The molecular formula is C22H20F2O2S2. The van der Waals surface area contributed by atoms with E-state index in [1.807, 2.05) is 0 Å². The Bertz CT molecular complexity index is 955. The second kappa shape index (κ2) is 5.60. The first-order valence-corrected chi connectivity index (χ1v) is 11.7. The normalized spacial score (nSPS) is 40.7. The van der Waals surface area contributed by atoms with Gasteiger partial charge >= 0.3 is 0 Å². The predicted molar refractivity (Wildman–Crippen MR) is 104 cm³/mol. The fraction of sp³-hybridized carbons (Fsp3) is 0.545. The van der Waals surface area contributed by atoms with Gasteiger partial charge in [-0.2, -0.15) is 8.78 Å². The number of carbonyl (C=O) groups is 2. The molecule has 8 atom stereocenters. The Balaban J connectivity index is 1.43. The van der Waals surface area contributed by atoms with Crippen molar-refractivity contribution in [1.29, 1.82) is 0 Å². The Kier molecular flexibility index (Phi) is 3.49. The molecule has 2 saturated carbocycles. The molecule has 2 aromatic heterocycles. The maximum atomic E-state index is 13.8. The van der Waals surface area contributed by atoms with E-state index in [2.05, 4.69) is 13.8 Å². The van der Waals surface area contributed by atoms with E-state index in [0.717, 1.165) is 45.3 Å². The molecule has 0 N–H and O–H groups in total. The minimum absolute atomic E-state index is 0.0820. The van der Waals surface area contributed by atoms with E-state index in [1.54, 1.807) is 0 Å². The number of fused-ring (bicyclic) bond motifs is 9. The van der Waals surface area contributed by atoms with Crippen LogP contribution in [-0.2, 0) is 0 Å². The van der Waals surface area contributed by atoms with Gasteiger partial charge < -0.3 is 0 Å². The van der Waals surface area contributed by atoms with E-state index in [1.165, 1.54) is 12.1 Å². The number of halogens is 2. The summed E-state index contributed by atoms with van der Waals surface area (Å²) in [7, 11) is 0. The fourth-order valence-corrected chi connectivity index (χ4v) is 9.46. The summed E-state index contributed by atoms with van der Waals surface area (Å²) < 4.78 is 27.7. The molecule has 146 valence electrons. The average Bonchev–Trinajstić information content (AvgIpc) is 3.33. The van der Waals surface area contributed by atoms with Crippen LogP contribution in [0.25, 0.3) is 0 Å². The van der Waals surface area contributed by atoms with Crippen molar-refractivity contribution in [2.24, 2.45) is 35.5 Å². The Morgan fingerprint density at radius 1 is 0.750 bits per heavy atom. The molecule has 0 saturated heterocycles. The van der Waals surface area contributed by atoms with Crippen molar-refractivity contribution in [2.75, 3.05) is 0 Å². The van der Waals surface area contributed by atoms with Gasteiger partial charge in [-0.1, -0.05) is 13.8 Å². The highest BCUT2D eigenvalue weighted by molar-refractivity contribution is 7.11. The number of hydrogen-bond donors (Lipinski definition) is 0. The largest absolute Gasteiger partial charge is 0.294 e. The van der Waals surface area contributed by atoms with Crippen molar-refractivity contribution in [3.63, 3.8) is 0 Å². The van der Waals surface area contributed by atoms with Crippen LogP contribution in [0.3, 0.4) is 0 Å². The number of Topliss-reactive ketones (excluding diaryl/α,β-unsaturated/α-hetero) is 2. The predicted octanol–water partition coefficient (Wildman–Crippen LogP) is 5.89. The van der Waals surface area contributed by atoms with E-state index in [0.29, 0.717) is 11.1 Å². The van der Waals surface area contributed by atoms with Crippen LogP contribution in [0.2, 0.25) is 0 Å². The van der Waals surface area contributed by atoms with Gasteiger partial charge in [-0.3, -0.25) is 9.59 Å². The molecule has 2 aromatic rings. The first-order chi connectivity index (χ1) is 13.4. The van der Waals surface area contributed by atoms with Gasteiger partial charge in [0.05, 0.1) is 0 Å². The number of rotatable bonds is 0. The highest BCUT2D eigenvalue weighted by Gasteiger charge is 2.61. The van der Waals surface area contributed by atoms with Crippen molar-refractivity contribution in [3.8, 4) is 0 Å². The molecule has 6 heteroatoms. The number of thiophene rings is 2. The van der Waals surface area contributed by atoms with E-state index in [9.17, 15) is 18.4 Å². The lowest BCUT2D eigenvalue weighted by atomic mass is 9.52. The first-order valence-electron chi connectivity index (χ1n) is 10.0. The summed E-state index contributed by atoms with van der Waals surface area (Å²) in [6.07, 6.45) is 1.77. The molecule has 2 nitrogen and oxygen atoms in total. The molecule has 4 aliphatic carbocycles. The number of ketones is 2. The van der Waals surface area contributed by atoms with Crippen molar-refractivity contribution in [2.45, 2.75) is 38.5 Å². The monoisotopic (exact) mass is 418 g/mol. The van der Waals surface area contributed by atoms with Gasteiger partial charge in [0.25, 0.3) is 0 Å². The van der Waals surface area contributed by atoms with E-state index in [-0.39, 0.29) is 69.2 Å². The van der Waals surface area contributed by atoms with E-state index >= 15 is 0 Å². The second-order valence-corrected chi connectivity index (χ2v) is 11.3. The molecule has 2 heterocycles. The summed E-state index contributed by atoms with van der Waals surface area (Å²) in [5.41, 5.74) is 1.16. The molecule has 0 radical (unpaired) electrons. The SMILES string of the molecule is CC1CC2C(CC(C)C3c4sc(F)cc4C(=O)C23)C2C(=O)c3cc(F)sc3C12. The third-order valence-corrected chi connectivity index (χ3v) is 10.0. The molecule has 0 amide bonds. The van der Waals surface area contributed by atoms with Crippen LogP contribution in [-0.4, -0.2) is 11.6 Å². The quantitative estimate of drug-likeness (QED) is 0.534. The van der Waals surface area contributed by atoms with Crippen molar-refractivity contribution in [1.82, 2.24) is 0 Å². The summed E-state index contributed by atoms with van der Waals surface area (Å²) >= 11 is 2.26. The third-order valence-electron chi connectivity index (χ3n) is 7.96. The Labute approximate surface area is 170 Å². The van der Waals surface area contributed by atoms with Crippen LogP contribution in [0.4, 0.5) is 8.78 Å². The van der Waals surface area contributed by atoms with Crippen LogP contribution in [0.15, 0.2) is 12.1 Å². The van der Waals surface area contributed by atoms with Crippen LogP contribution >= 0.6 is 22.7 Å². The van der Waals surface area contributed by atoms with E-state index < -0.39 is 0 Å². The first kappa shape index (κ1) is 17.5. The highest BCUT2D eigenvalue weighted by atomic mass is 32.1. The van der Waals surface area contributed by atoms with E-state index in [4.69, 9.17) is 0 Å². The lowest BCUT2D eigenvalue weighted by Gasteiger charge is -2.51. The number of carbonyl (C=O) groups excluding carboxylic acids is 2. The summed E-state index contributed by atoms with van der Waals surface area (Å²) in [6, 6.07) is 2.83. The average molecular weight is 419 g/mol. The van der Waals surface area contributed by atoms with Crippen LogP contribution < -0.4 is 0 Å². The van der Waals surface area contributed by atoms with Crippen molar-refractivity contribution < 1.29 is 18.4 Å². The van der Waals surface area contributed by atoms with Crippen LogP contribution in [0, 0.1) is 45.8 Å². The zero-order valence-electron chi connectivity index (χ0n) is 15.6. The maximum Gasteiger partial charge on any atom is 0.177 e. The number of hydrogen-bond acceptors (Lipinski definition) is 4. The summed E-state index contributed by atoms with van der Waals surface area (Å²) in [6.45, 7) is 4.30. The molecule has 6 rings (SSSR count). The molecule has 0 spiro atoms. The lowest BCUT2D eigenvalue weighted by molar-refractivity contribution is 0.00139.